The molecule has 0 aliphatic rings. The number of rotatable bonds is 4. The van der Waals surface area contributed by atoms with Crippen LogP contribution in [0, 0.1) is 0 Å². The summed E-state index contributed by atoms with van der Waals surface area (Å²) in [6.45, 7) is 1.99. The molecule has 2 rings (SSSR count). The SMILES string of the molecule is CCc1coc(-c2ccccc2CC(=O)O)n1. The highest BCUT2D eigenvalue weighted by atomic mass is 16.4. The average Bonchev–Trinajstić information content (AvgIpc) is 2.77. The molecule has 0 amide bonds. The molecule has 0 aliphatic heterocycles. The molecule has 0 saturated carbocycles. The third-order valence-electron chi connectivity index (χ3n) is 2.50. The van der Waals surface area contributed by atoms with Crippen molar-refractivity contribution in [2.45, 2.75) is 19.8 Å². The van der Waals surface area contributed by atoms with Crippen LogP contribution in [0.15, 0.2) is 34.9 Å². The number of carbonyl (C=O) groups is 1. The quantitative estimate of drug-likeness (QED) is 0.878. The molecular formula is C13H13NO3. The van der Waals surface area contributed by atoms with Gasteiger partial charge in [-0.05, 0) is 18.1 Å². The second-order valence-electron chi connectivity index (χ2n) is 3.73. The summed E-state index contributed by atoms with van der Waals surface area (Å²) in [6, 6.07) is 7.25. The van der Waals surface area contributed by atoms with Crippen LogP contribution in [0.3, 0.4) is 0 Å². The van der Waals surface area contributed by atoms with E-state index in [-0.39, 0.29) is 6.42 Å². The van der Waals surface area contributed by atoms with Gasteiger partial charge < -0.3 is 9.52 Å². The van der Waals surface area contributed by atoms with Gasteiger partial charge in [-0.2, -0.15) is 0 Å². The van der Waals surface area contributed by atoms with Crippen molar-refractivity contribution in [3.8, 4) is 11.5 Å². The van der Waals surface area contributed by atoms with Gasteiger partial charge in [-0.1, -0.05) is 25.1 Å². The molecular weight excluding hydrogens is 218 g/mol. The number of carboxylic acid groups (broad SMARTS) is 1. The normalized spacial score (nSPS) is 10.4. The standard InChI is InChI=1S/C13H13NO3/c1-2-10-8-17-13(14-10)11-6-4-3-5-9(11)7-12(15)16/h3-6,8H,2,7H2,1H3,(H,15,16). The Kier molecular flexibility index (Phi) is 3.23. The average molecular weight is 231 g/mol. The van der Waals surface area contributed by atoms with Gasteiger partial charge in [0.05, 0.1) is 12.1 Å². The summed E-state index contributed by atoms with van der Waals surface area (Å²) < 4.78 is 5.36. The first-order valence-electron chi connectivity index (χ1n) is 5.45. The largest absolute Gasteiger partial charge is 0.481 e. The smallest absolute Gasteiger partial charge is 0.307 e. The number of hydrogen-bond donors (Lipinski definition) is 1. The molecule has 1 heterocycles. The number of nitrogens with zero attached hydrogens (tertiary/aromatic N) is 1. The van der Waals surface area contributed by atoms with Gasteiger partial charge in [-0.3, -0.25) is 4.79 Å². The molecule has 1 aromatic heterocycles. The van der Waals surface area contributed by atoms with Gasteiger partial charge in [0.25, 0.3) is 0 Å². The highest BCUT2D eigenvalue weighted by Gasteiger charge is 2.12. The molecule has 0 atom stereocenters. The molecule has 4 nitrogen and oxygen atoms in total. The Morgan fingerprint density at radius 3 is 2.82 bits per heavy atom. The number of hydrogen-bond acceptors (Lipinski definition) is 3. The molecule has 2 aromatic rings. The van der Waals surface area contributed by atoms with Crippen molar-refractivity contribution < 1.29 is 14.3 Å². The van der Waals surface area contributed by atoms with Gasteiger partial charge in [-0.15, -0.1) is 0 Å². The van der Waals surface area contributed by atoms with Gasteiger partial charge in [0.1, 0.15) is 6.26 Å². The van der Waals surface area contributed by atoms with Gasteiger partial charge in [-0.25, -0.2) is 4.98 Å². The molecule has 1 aromatic carbocycles. The van der Waals surface area contributed by atoms with Crippen LogP contribution in [0.2, 0.25) is 0 Å². The van der Waals surface area contributed by atoms with E-state index in [4.69, 9.17) is 9.52 Å². The van der Waals surface area contributed by atoms with Crippen molar-refractivity contribution in [1.29, 1.82) is 0 Å². The predicted molar refractivity (Wildman–Crippen MR) is 62.7 cm³/mol. The fourth-order valence-corrected chi connectivity index (χ4v) is 1.64. The molecule has 0 bridgehead atoms. The first-order chi connectivity index (χ1) is 8.20. The second kappa shape index (κ2) is 4.82. The third kappa shape index (κ3) is 2.53. The van der Waals surface area contributed by atoms with Crippen LogP contribution in [-0.4, -0.2) is 16.1 Å². The summed E-state index contributed by atoms with van der Waals surface area (Å²) >= 11 is 0. The molecule has 4 heteroatoms. The second-order valence-corrected chi connectivity index (χ2v) is 3.73. The minimum atomic E-state index is -0.861. The number of benzene rings is 1. The Bertz CT molecular complexity index is 531. The van der Waals surface area contributed by atoms with Gasteiger partial charge in [0, 0.05) is 5.56 Å². The molecule has 1 N–H and O–H groups in total. The van der Waals surface area contributed by atoms with Crippen LogP contribution in [0.1, 0.15) is 18.2 Å². The first kappa shape index (κ1) is 11.4. The van der Waals surface area contributed by atoms with Crippen LogP contribution < -0.4 is 0 Å². The first-order valence-corrected chi connectivity index (χ1v) is 5.45. The minimum absolute atomic E-state index is 0.0278. The lowest BCUT2D eigenvalue weighted by Gasteiger charge is -2.03. The predicted octanol–water partition coefficient (Wildman–Crippen LogP) is 2.53. The van der Waals surface area contributed by atoms with E-state index in [0.29, 0.717) is 11.5 Å². The zero-order valence-corrected chi connectivity index (χ0v) is 9.51. The summed E-state index contributed by atoms with van der Waals surface area (Å²) in [5.41, 5.74) is 2.32. The Hall–Kier alpha value is -2.10. The topological polar surface area (TPSA) is 63.3 Å². The van der Waals surface area contributed by atoms with Crippen LogP contribution in [0.25, 0.3) is 11.5 Å². The van der Waals surface area contributed by atoms with Crippen LogP contribution in [0.5, 0.6) is 0 Å². The van der Waals surface area contributed by atoms with Crippen molar-refractivity contribution in [3.63, 3.8) is 0 Å². The van der Waals surface area contributed by atoms with E-state index in [1.165, 1.54) is 0 Å². The molecule has 17 heavy (non-hydrogen) atoms. The molecule has 0 radical (unpaired) electrons. The van der Waals surface area contributed by atoms with Crippen molar-refractivity contribution >= 4 is 5.97 Å². The summed E-state index contributed by atoms with van der Waals surface area (Å²) in [7, 11) is 0. The Labute approximate surface area is 98.9 Å². The van der Waals surface area contributed by atoms with Crippen LogP contribution >= 0.6 is 0 Å². The van der Waals surface area contributed by atoms with Crippen molar-refractivity contribution in [1.82, 2.24) is 4.98 Å². The van der Waals surface area contributed by atoms with Gasteiger partial charge in [0.15, 0.2) is 0 Å². The molecule has 0 unspecified atom stereocenters. The number of carboxylic acids is 1. The molecule has 0 spiro atoms. The summed E-state index contributed by atoms with van der Waals surface area (Å²) in [5, 5.41) is 8.84. The van der Waals surface area contributed by atoms with Crippen LogP contribution in [0.4, 0.5) is 0 Å². The van der Waals surface area contributed by atoms with E-state index in [9.17, 15) is 4.79 Å². The summed E-state index contributed by atoms with van der Waals surface area (Å²) in [6.07, 6.45) is 2.37. The maximum atomic E-state index is 10.8. The zero-order chi connectivity index (χ0) is 12.3. The van der Waals surface area contributed by atoms with Gasteiger partial charge in [0.2, 0.25) is 5.89 Å². The molecule has 0 fully saturated rings. The van der Waals surface area contributed by atoms with E-state index >= 15 is 0 Å². The van der Waals surface area contributed by atoms with E-state index in [1.807, 2.05) is 25.1 Å². The van der Waals surface area contributed by atoms with Crippen LogP contribution in [-0.2, 0) is 17.6 Å². The fraction of sp³-hybridized carbons (Fsp3) is 0.231. The fourth-order valence-electron chi connectivity index (χ4n) is 1.64. The van der Waals surface area contributed by atoms with Crippen molar-refractivity contribution in [2.24, 2.45) is 0 Å². The highest BCUT2D eigenvalue weighted by Crippen LogP contribution is 2.23. The van der Waals surface area contributed by atoms with E-state index in [2.05, 4.69) is 4.98 Å². The summed E-state index contributed by atoms with van der Waals surface area (Å²) in [4.78, 5) is 15.1. The maximum absolute atomic E-state index is 10.8. The highest BCUT2D eigenvalue weighted by molar-refractivity contribution is 5.74. The monoisotopic (exact) mass is 231 g/mol. The molecule has 0 aliphatic carbocycles. The number of aromatic nitrogens is 1. The Balaban J connectivity index is 2.40. The van der Waals surface area contributed by atoms with Crippen molar-refractivity contribution in [3.05, 3.63) is 41.8 Å². The molecule has 0 saturated heterocycles. The molecule has 88 valence electrons. The van der Waals surface area contributed by atoms with E-state index in [1.54, 1.807) is 12.3 Å². The van der Waals surface area contributed by atoms with Crippen molar-refractivity contribution in [2.75, 3.05) is 0 Å². The van der Waals surface area contributed by atoms with Gasteiger partial charge >= 0.3 is 5.97 Å². The lowest BCUT2D eigenvalue weighted by Crippen LogP contribution is -2.01. The van der Waals surface area contributed by atoms with E-state index in [0.717, 1.165) is 17.7 Å². The lowest BCUT2D eigenvalue weighted by atomic mass is 10.0. The lowest BCUT2D eigenvalue weighted by molar-refractivity contribution is -0.136. The summed E-state index contributed by atoms with van der Waals surface area (Å²) in [5.74, 6) is -0.376. The Morgan fingerprint density at radius 1 is 1.41 bits per heavy atom. The minimum Gasteiger partial charge on any atom is -0.481 e. The Morgan fingerprint density at radius 2 is 2.18 bits per heavy atom. The maximum Gasteiger partial charge on any atom is 0.307 e. The number of aliphatic carboxylic acids is 1. The number of aryl methyl sites for hydroxylation is 1. The third-order valence-corrected chi connectivity index (χ3v) is 2.50. The van der Waals surface area contributed by atoms with E-state index < -0.39 is 5.97 Å². The zero-order valence-electron chi connectivity index (χ0n) is 9.51. The number of oxazole rings is 1.